The van der Waals surface area contributed by atoms with Crippen LogP contribution in [0.4, 0.5) is 4.79 Å². The molecule has 3 atom stereocenters. The Kier molecular flexibility index (Phi) is 8.28. The van der Waals surface area contributed by atoms with Crippen LogP contribution in [0.15, 0.2) is 42.5 Å². The van der Waals surface area contributed by atoms with E-state index in [9.17, 15) is 14.4 Å². The number of benzene rings is 2. The van der Waals surface area contributed by atoms with Crippen LogP contribution in [0, 0.1) is 11.8 Å². The van der Waals surface area contributed by atoms with Gasteiger partial charge in [0.25, 0.3) is 0 Å². The Balaban J connectivity index is 1.29. The quantitative estimate of drug-likeness (QED) is 0.567. The highest BCUT2D eigenvalue weighted by atomic mass is 16.6. The summed E-state index contributed by atoms with van der Waals surface area (Å²) < 4.78 is 11.1. The van der Waals surface area contributed by atoms with Crippen molar-refractivity contribution in [2.24, 2.45) is 11.8 Å². The van der Waals surface area contributed by atoms with Crippen molar-refractivity contribution < 1.29 is 29.0 Å². The average molecular weight is 494 g/mol. The number of ketones is 1. The maximum atomic E-state index is 12.9. The molecule has 1 N–H and O–H groups in total. The molecular formula is C29H35NO6. The van der Waals surface area contributed by atoms with Gasteiger partial charge in [0.2, 0.25) is 0 Å². The summed E-state index contributed by atoms with van der Waals surface area (Å²) >= 11 is 0. The average Bonchev–Trinajstić information content (AvgIpc) is 2.85. The zero-order chi connectivity index (χ0) is 25.7. The molecule has 192 valence electrons. The Bertz CT molecular complexity index is 1110. The van der Waals surface area contributed by atoms with Crippen molar-refractivity contribution in [3.05, 3.63) is 64.7 Å². The minimum Gasteiger partial charge on any atom is -0.497 e. The SMILES string of the molecule is COc1cccc(CC(=O)Cc2ccc3c(c2)CCN(C(=O)O[C@@H]2CC[C@@H](CC(=O)O)C[C@H]2C)C3)c1. The molecule has 2 aromatic rings. The van der Waals surface area contributed by atoms with Crippen LogP contribution in [0.2, 0.25) is 0 Å². The number of amides is 1. The first-order chi connectivity index (χ1) is 17.3. The number of carboxylic acids is 1. The van der Waals surface area contributed by atoms with Gasteiger partial charge in [0.1, 0.15) is 17.6 Å². The number of ether oxygens (including phenoxy) is 2. The fraction of sp³-hybridized carbons (Fsp3) is 0.483. The normalized spacial score (nSPS) is 21.4. The highest BCUT2D eigenvalue weighted by molar-refractivity contribution is 5.83. The van der Waals surface area contributed by atoms with Crippen LogP contribution in [0.25, 0.3) is 0 Å². The Labute approximate surface area is 212 Å². The van der Waals surface area contributed by atoms with Crippen molar-refractivity contribution in [2.75, 3.05) is 13.7 Å². The summed E-state index contributed by atoms with van der Waals surface area (Å²) in [7, 11) is 1.62. The van der Waals surface area contributed by atoms with Gasteiger partial charge in [-0.25, -0.2) is 4.79 Å². The number of hydrogen-bond acceptors (Lipinski definition) is 5. The third kappa shape index (κ3) is 6.65. The second-order valence-electron chi connectivity index (χ2n) is 10.2. The van der Waals surface area contributed by atoms with Crippen LogP contribution in [0.5, 0.6) is 5.75 Å². The first kappa shape index (κ1) is 25.7. The van der Waals surface area contributed by atoms with E-state index < -0.39 is 5.97 Å². The van der Waals surface area contributed by atoms with Gasteiger partial charge in [-0.2, -0.15) is 0 Å². The summed E-state index contributed by atoms with van der Waals surface area (Å²) in [5.74, 6) is 0.444. The maximum Gasteiger partial charge on any atom is 0.410 e. The van der Waals surface area contributed by atoms with Gasteiger partial charge < -0.3 is 19.5 Å². The van der Waals surface area contributed by atoms with E-state index >= 15 is 0 Å². The van der Waals surface area contributed by atoms with E-state index in [1.54, 1.807) is 12.0 Å². The van der Waals surface area contributed by atoms with Crippen molar-refractivity contribution in [3.63, 3.8) is 0 Å². The van der Waals surface area contributed by atoms with Crippen LogP contribution >= 0.6 is 0 Å². The van der Waals surface area contributed by atoms with Crippen LogP contribution < -0.4 is 4.74 Å². The number of aliphatic carboxylic acids is 1. The van der Waals surface area contributed by atoms with Gasteiger partial charge in [-0.05, 0) is 71.9 Å². The molecule has 2 aromatic carbocycles. The number of Topliss-reactive ketones (excluding diaryl/α,β-unsaturated/α-hetero) is 1. The van der Waals surface area contributed by atoms with E-state index in [0.717, 1.165) is 41.7 Å². The van der Waals surface area contributed by atoms with E-state index in [1.165, 1.54) is 5.56 Å². The highest BCUT2D eigenvalue weighted by Gasteiger charge is 2.33. The standard InChI is InChI=1S/C29H35NO6/c1-19-12-21(17-28(32)33)7-9-27(19)36-29(34)30-11-10-23-13-22(6-8-24(23)18-30)15-25(31)14-20-4-3-5-26(16-20)35-2/h3-6,8,13,16,19,21,27H,7,9-12,14-15,17-18H2,1-2H3,(H,32,33)/t19-,21-,27-/m1/s1. The predicted octanol–water partition coefficient (Wildman–Crippen LogP) is 4.82. The largest absolute Gasteiger partial charge is 0.497 e. The number of carbonyl (C=O) groups is 3. The number of nitrogens with zero attached hydrogens (tertiary/aromatic N) is 1. The molecule has 7 nitrogen and oxygen atoms in total. The molecule has 1 aliphatic carbocycles. The lowest BCUT2D eigenvalue weighted by atomic mass is 9.79. The number of fused-ring (bicyclic) bond motifs is 1. The Morgan fingerprint density at radius 3 is 2.53 bits per heavy atom. The predicted molar refractivity (Wildman–Crippen MR) is 135 cm³/mol. The lowest BCUT2D eigenvalue weighted by molar-refractivity contribution is -0.138. The molecule has 7 heteroatoms. The second-order valence-corrected chi connectivity index (χ2v) is 10.2. The first-order valence-electron chi connectivity index (χ1n) is 12.7. The zero-order valence-electron chi connectivity index (χ0n) is 21.1. The van der Waals surface area contributed by atoms with Crippen molar-refractivity contribution in [1.29, 1.82) is 0 Å². The Morgan fingerprint density at radius 1 is 1.03 bits per heavy atom. The molecule has 0 unspecified atom stereocenters. The van der Waals surface area contributed by atoms with E-state index in [0.29, 0.717) is 32.4 Å². The summed E-state index contributed by atoms with van der Waals surface area (Å²) in [6, 6.07) is 13.7. The summed E-state index contributed by atoms with van der Waals surface area (Å²) in [6.45, 7) is 3.11. The lowest BCUT2D eigenvalue weighted by Crippen LogP contribution is -2.41. The van der Waals surface area contributed by atoms with E-state index in [4.69, 9.17) is 14.6 Å². The van der Waals surface area contributed by atoms with Gasteiger partial charge in [-0.15, -0.1) is 0 Å². The third-order valence-electron chi connectivity index (χ3n) is 7.39. The molecule has 1 aliphatic heterocycles. The van der Waals surface area contributed by atoms with Crippen molar-refractivity contribution in [3.8, 4) is 5.75 Å². The lowest BCUT2D eigenvalue weighted by Gasteiger charge is -2.35. The van der Waals surface area contributed by atoms with E-state index in [-0.39, 0.29) is 36.2 Å². The van der Waals surface area contributed by atoms with Gasteiger partial charge in [-0.3, -0.25) is 9.59 Å². The molecule has 1 saturated carbocycles. The van der Waals surface area contributed by atoms with Crippen LogP contribution in [-0.4, -0.2) is 47.6 Å². The molecule has 36 heavy (non-hydrogen) atoms. The molecule has 0 bridgehead atoms. The number of methoxy groups -OCH3 is 1. The number of hydrogen-bond donors (Lipinski definition) is 1. The molecule has 0 spiro atoms. The molecule has 1 amide bonds. The van der Waals surface area contributed by atoms with Gasteiger partial charge in [0.05, 0.1) is 7.11 Å². The number of carboxylic acid groups (broad SMARTS) is 1. The fourth-order valence-electron chi connectivity index (χ4n) is 5.46. The van der Waals surface area contributed by atoms with Crippen molar-refractivity contribution in [1.82, 2.24) is 4.90 Å². The minimum atomic E-state index is -0.765. The Morgan fingerprint density at radius 2 is 1.81 bits per heavy atom. The molecule has 4 rings (SSSR count). The zero-order valence-corrected chi connectivity index (χ0v) is 21.1. The van der Waals surface area contributed by atoms with Gasteiger partial charge in [-0.1, -0.05) is 37.3 Å². The van der Waals surface area contributed by atoms with Crippen LogP contribution in [0.1, 0.15) is 54.9 Å². The van der Waals surface area contributed by atoms with Crippen LogP contribution in [-0.2, 0) is 40.1 Å². The third-order valence-corrected chi connectivity index (χ3v) is 7.39. The van der Waals surface area contributed by atoms with Crippen molar-refractivity contribution >= 4 is 17.8 Å². The molecule has 0 radical (unpaired) electrons. The summed E-state index contributed by atoms with van der Waals surface area (Å²) in [5, 5.41) is 9.04. The minimum absolute atomic E-state index is 0.149. The second kappa shape index (κ2) is 11.6. The van der Waals surface area contributed by atoms with Crippen molar-refractivity contribution in [2.45, 2.75) is 64.5 Å². The topological polar surface area (TPSA) is 93.1 Å². The molecule has 2 aliphatic rings. The highest BCUT2D eigenvalue weighted by Crippen LogP contribution is 2.33. The molecular weight excluding hydrogens is 458 g/mol. The monoisotopic (exact) mass is 493 g/mol. The molecule has 0 aromatic heterocycles. The van der Waals surface area contributed by atoms with Gasteiger partial charge >= 0.3 is 12.1 Å². The molecule has 1 fully saturated rings. The van der Waals surface area contributed by atoms with E-state index in [2.05, 4.69) is 6.07 Å². The first-order valence-corrected chi connectivity index (χ1v) is 12.7. The van der Waals surface area contributed by atoms with Crippen LogP contribution in [0.3, 0.4) is 0 Å². The number of rotatable bonds is 8. The molecule has 1 heterocycles. The van der Waals surface area contributed by atoms with Gasteiger partial charge in [0, 0.05) is 32.4 Å². The number of carbonyl (C=O) groups excluding carboxylic acids is 2. The molecule has 0 saturated heterocycles. The summed E-state index contributed by atoms with van der Waals surface area (Å²) in [6.07, 6.45) is 3.44. The summed E-state index contributed by atoms with van der Waals surface area (Å²) in [5.41, 5.74) is 4.19. The summed E-state index contributed by atoms with van der Waals surface area (Å²) in [4.78, 5) is 38.2. The maximum absolute atomic E-state index is 12.9. The Hall–Kier alpha value is -3.35. The fourth-order valence-corrected chi connectivity index (χ4v) is 5.46. The van der Waals surface area contributed by atoms with E-state index in [1.807, 2.05) is 43.3 Å². The smallest absolute Gasteiger partial charge is 0.410 e. The van der Waals surface area contributed by atoms with Gasteiger partial charge in [0.15, 0.2) is 0 Å².